The first-order chi connectivity index (χ1) is 7.63. The van der Waals surface area contributed by atoms with Crippen LogP contribution in [0, 0.1) is 0 Å². The van der Waals surface area contributed by atoms with Gasteiger partial charge in [-0.05, 0) is 18.7 Å². The number of anilines is 1. The van der Waals surface area contributed by atoms with E-state index in [0.29, 0.717) is 6.42 Å². The Balaban J connectivity index is 2.43. The van der Waals surface area contributed by atoms with Crippen LogP contribution in [0.15, 0.2) is 24.3 Å². The molecule has 0 aliphatic heterocycles. The maximum atomic E-state index is 11.1. The minimum Gasteiger partial charge on any atom is -0.398 e. The molecule has 1 rings (SSSR count). The van der Waals surface area contributed by atoms with E-state index in [9.17, 15) is 4.79 Å². The molecule has 0 radical (unpaired) electrons. The van der Waals surface area contributed by atoms with E-state index in [0.717, 1.165) is 24.3 Å². The lowest BCUT2D eigenvalue weighted by Crippen LogP contribution is -2.26. The predicted molar refractivity (Wildman–Crippen MR) is 65.9 cm³/mol. The second kappa shape index (κ2) is 6.12. The van der Waals surface area contributed by atoms with E-state index >= 15 is 0 Å². The summed E-state index contributed by atoms with van der Waals surface area (Å²) in [6, 6.07) is 7.79. The van der Waals surface area contributed by atoms with Gasteiger partial charge in [-0.3, -0.25) is 4.79 Å². The molecule has 4 heteroatoms. The molecule has 0 aromatic heterocycles. The van der Waals surface area contributed by atoms with E-state index in [1.807, 2.05) is 31.3 Å². The zero-order valence-corrected chi connectivity index (χ0v) is 9.86. The minimum absolute atomic E-state index is 0.0629. The van der Waals surface area contributed by atoms with Crippen LogP contribution in [0.25, 0.3) is 0 Å². The van der Waals surface area contributed by atoms with Gasteiger partial charge in [0.2, 0.25) is 5.91 Å². The van der Waals surface area contributed by atoms with Crippen LogP contribution < -0.4 is 11.1 Å². The van der Waals surface area contributed by atoms with E-state index in [4.69, 9.17) is 5.73 Å². The first-order valence-corrected chi connectivity index (χ1v) is 5.36. The van der Waals surface area contributed by atoms with Gasteiger partial charge in [0.1, 0.15) is 0 Å². The van der Waals surface area contributed by atoms with E-state index in [1.54, 1.807) is 7.05 Å². The number of amides is 1. The third kappa shape index (κ3) is 3.90. The fraction of sp³-hybridized carbons (Fsp3) is 0.417. The van der Waals surface area contributed by atoms with Crippen molar-refractivity contribution in [3.8, 4) is 0 Å². The van der Waals surface area contributed by atoms with Crippen molar-refractivity contribution in [1.82, 2.24) is 10.2 Å². The number of carbonyl (C=O) groups is 1. The molecule has 0 saturated heterocycles. The summed E-state index contributed by atoms with van der Waals surface area (Å²) in [6.07, 6.45) is 0.514. The summed E-state index contributed by atoms with van der Waals surface area (Å²) in [7, 11) is 3.63. The van der Waals surface area contributed by atoms with Gasteiger partial charge in [0.15, 0.2) is 0 Å². The first kappa shape index (κ1) is 12.5. The van der Waals surface area contributed by atoms with Crippen LogP contribution in [0.2, 0.25) is 0 Å². The van der Waals surface area contributed by atoms with E-state index < -0.39 is 0 Å². The molecule has 1 amide bonds. The fourth-order valence-electron chi connectivity index (χ4n) is 1.47. The molecule has 0 atom stereocenters. The van der Waals surface area contributed by atoms with Gasteiger partial charge in [-0.25, -0.2) is 0 Å². The monoisotopic (exact) mass is 221 g/mol. The van der Waals surface area contributed by atoms with Gasteiger partial charge in [-0.2, -0.15) is 0 Å². The highest BCUT2D eigenvalue weighted by molar-refractivity contribution is 5.75. The zero-order chi connectivity index (χ0) is 12.0. The van der Waals surface area contributed by atoms with Crippen molar-refractivity contribution in [2.24, 2.45) is 0 Å². The topological polar surface area (TPSA) is 58.4 Å². The Bertz CT molecular complexity index is 352. The highest BCUT2D eigenvalue weighted by Crippen LogP contribution is 2.12. The van der Waals surface area contributed by atoms with Gasteiger partial charge in [0.25, 0.3) is 0 Å². The Hall–Kier alpha value is -1.55. The number of nitrogens with two attached hydrogens (primary N) is 1. The third-order valence-electron chi connectivity index (χ3n) is 2.49. The molecule has 0 saturated carbocycles. The third-order valence-corrected chi connectivity index (χ3v) is 2.49. The summed E-state index contributed by atoms with van der Waals surface area (Å²) in [5.41, 5.74) is 7.74. The Morgan fingerprint density at radius 1 is 1.44 bits per heavy atom. The lowest BCUT2D eigenvalue weighted by atomic mass is 10.1. The summed E-state index contributed by atoms with van der Waals surface area (Å²) < 4.78 is 0. The second-order valence-corrected chi connectivity index (χ2v) is 3.86. The molecule has 0 heterocycles. The zero-order valence-electron chi connectivity index (χ0n) is 9.86. The van der Waals surface area contributed by atoms with Crippen molar-refractivity contribution in [2.75, 3.05) is 26.4 Å². The van der Waals surface area contributed by atoms with Crippen LogP contribution in [0.4, 0.5) is 5.69 Å². The molecular weight excluding hydrogens is 202 g/mol. The Morgan fingerprint density at radius 3 is 2.75 bits per heavy atom. The number of carbonyl (C=O) groups excluding carboxylic acids is 1. The Kier molecular flexibility index (Phi) is 4.79. The lowest BCUT2D eigenvalue weighted by Gasteiger charge is -2.17. The van der Waals surface area contributed by atoms with Gasteiger partial charge in [-0.1, -0.05) is 18.2 Å². The molecule has 0 fully saturated rings. The van der Waals surface area contributed by atoms with Gasteiger partial charge < -0.3 is 16.0 Å². The Morgan fingerprint density at radius 2 is 2.12 bits per heavy atom. The van der Waals surface area contributed by atoms with Crippen molar-refractivity contribution in [3.05, 3.63) is 29.8 Å². The van der Waals surface area contributed by atoms with Crippen molar-refractivity contribution < 1.29 is 4.79 Å². The summed E-state index contributed by atoms with van der Waals surface area (Å²) in [4.78, 5) is 13.2. The molecule has 0 aliphatic carbocycles. The van der Waals surface area contributed by atoms with E-state index in [1.165, 1.54) is 0 Å². The average molecular weight is 221 g/mol. The van der Waals surface area contributed by atoms with Crippen molar-refractivity contribution in [1.29, 1.82) is 0 Å². The van der Waals surface area contributed by atoms with Crippen LogP contribution >= 0.6 is 0 Å². The maximum Gasteiger partial charge on any atom is 0.221 e. The number of nitrogen functional groups attached to an aromatic ring is 1. The van der Waals surface area contributed by atoms with Crippen molar-refractivity contribution >= 4 is 11.6 Å². The normalized spacial score (nSPS) is 10.4. The number of rotatable bonds is 5. The highest BCUT2D eigenvalue weighted by atomic mass is 16.1. The smallest absolute Gasteiger partial charge is 0.221 e. The molecule has 1 aromatic carbocycles. The molecule has 3 N–H and O–H groups in total. The van der Waals surface area contributed by atoms with Crippen LogP contribution in [0.1, 0.15) is 12.0 Å². The molecular formula is C12H19N3O. The molecule has 1 aromatic rings. The second-order valence-electron chi connectivity index (χ2n) is 3.86. The van der Waals surface area contributed by atoms with Gasteiger partial charge in [0.05, 0.1) is 0 Å². The molecule has 0 bridgehead atoms. The molecule has 4 nitrogen and oxygen atoms in total. The number of benzene rings is 1. The van der Waals surface area contributed by atoms with E-state index in [2.05, 4.69) is 10.2 Å². The number of nitrogens with one attached hydrogen (secondary N) is 1. The van der Waals surface area contributed by atoms with Gasteiger partial charge >= 0.3 is 0 Å². The molecule has 0 aliphatic rings. The van der Waals surface area contributed by atoms with Crippen LogP contribution in [-0.4, -0.2) is 31.4 Å². The fourth-order valence-corrected chi connectivity index (χ4v) is 1.47. The summed E-state index contributed by atoms with van der Waals surface area (Å²) in [5.74, 6) is 0.0629. The van der Waals surface area contributed by atoms with Gasteiger partial charge in [-0.15, -0.1) is 0 Å². The predicted octanol–water partition coefficient (Wildman–Crippen LogP) is 0.837. The number of nitrogens with zero attached hydrogens (tertiary/aromatic N) is 1. The average Bonchev–Trinajstić information content (AvgIpc) is 2.29. The van der Waals surface area contributed by atoms with Crippen LogP contribution in [0.3, 0.4) is 0 Å². The Labute approximate surface area is 96.4 Å². The maximum absolute atomic E-state index is 11.1. The number of hydrogen-bond acceptors (Lipinski definition) is 3. The summed E-state index contributed by atoms with van der Waals surface area (Å²) >= 11 is 0. The lowest BCUT2D eigenvalue weighted by molar-refractivity contribution is -0.120. The first-order valence-electron chi connectivity index (χ1n) is 5.36. The standard InChI is InChI=1S/C12H19N3O/c1-14-12(16)7-8-15(2)9-10-5-3-4-6-11(10)13/h3-6H,7-9,13H2,1-2H3,(H,14,16). The van der Waals surface area contributed by atoms with Gasteiger partial charge in [0, 0.05) is 32.2 Å². The van der Waals surface area contributed by atoms with Crippen LogP contribution in [-0.2, 0) is 11.3 Å². The minimum atomic E-state index is 0.0629. The summed E-state index contributed by atoms with van der Waals surface area (Å²) in [6.45, 7) is 1.50. The number of para-hydroxylation sites is 1. The van der Waals surface area contributed by atoms with Crippen molar-refractivity contribution in [3.63, 3.8) is 0 Å². The quantitative estimate of drug-likeness (QED) is 0.724. The largest absolute Gasteiger partial charge is 0.398 e. The van der Waals surface area contributed by atoms with Crippen LogP contribution in [0.5, 0.6) is 0 Å². The molecule has 16 heavy (non-hydrogen) atoms. The van der Waals surface area contributed by atoms with Crippen molar-refractivity contribution in [2.45, 2.75) is 13.0 Å². The SMILES string of the molecule is CNC(=O)CCN(C)Cc1ccccc1N. The highest BCUT2D eigenvalue weighted by Gasteiger charge is 2.05. The molecule has 0 unspecified atom stereocenters. The molecule has 88 valence electrons. The summed E-state index contributed by atoms with van der Waals surface area (Å²) in [5, 5.41) is 2.61. The van der Waals surface area contributed by atoms with E-state index in [-0.39, 0.29) is 5.91 Å². The molecule has 0 spiro atoms. The number of hydrogen-bond donors (Lipinski definition) is 2.